The first-order valence-corrected chi connectivity index (χ1v) is 10.2. The summed E-state index contributed by atoms with van der Waals surface area (Å²) in [6.45, 7) is 3.61. The van der Waals surface area contributed by atoms with Crippen LogP contribution in [0.3, 0.4) is 0 Å². The van der Waals surface area contributed by atoms with Gasteiger partial charge in [0.05, 0.1) is 10.8 Å². The van der Waals surface area contributed by atoms with E-state index in [9.17, 15) is 27.2 Å². The highest BCUT2D eigenvalue weighted by Crippen LogP contribution is 2.37. The van der Waals surface area contributed by atoms with Crippen LogP contribution in [0, 0.1) is 0 Å². The standard InChI is InChI=1S/C23H14Cl2F4O4/c1-21(2,11-3-5-17-13(7-11)15(30)9-19(32-17)22(24,26)27)12-4-6-18-14(8-12)16(31)10-20(33-18)23(25,28)29/h3-10H,1-2H3. The fraction of sp³-hybridized carbons (Fsp3) is 0.217. The number of rotatable bonds is 4. The molecule has 0 amide bonds. The SMILES string of the molecule is CC(C)(c1ccc2oc(C(F)(F)Cl)cc(=O)c2c1)c1ccc2oc(C(F)(F)Cl)cc(=O)c2c1. The van der Waals surface area contributed by atoms with Gasteiger partial charge in [0, 0.05) is 17.5 Å². The molecule has 2 aromatic carbocycles. The molecule has 33 heavy (non-hydrogen) atoms. The lowest BCUT2D eigenvalue weighted by Crippen LogP contribution is -2.20. The Morgan fingerprint density at radius 3 is 1.36 bits per heavy atom. The van der Waals surface area contributed by atoms with E-state index in [1.54, 1.807) is 26.0 Å². The zero-order valence-corrected chi connectivity index (χ0v) is 18.5. The second-order valence-corrected chi connectivity index (χ2v) is 8.94. The third-order valence-electron chi connectivity index (χ3n) is 5.46. The molecule has 0 saturated carbocycles. The maximum atomic E-state index is 13.4. The van der Waals surface area contributed by atoms with Crippen molar-refractivity contribution in [2.75, 3.05) is 0 Å². The molecular weight excluding hydrogens is 487 g/mol. The summed E-state index contributed by atoms with van der Waals surface area (Å²) < 4.78 is 63.6. The number of hydrogen-bond donors (Lipinski definition) is 0. The number of halogens is 6. The van der Waals surface area contributed by atoms with E-state index in [0.717, 1.165) is 0 Å². The normalized spacial score (nSPS) is 13.1. The summed E-state index contributed by atoms with van der Waals surface area (Å²) >= 11 is 9.92. The number of alkyl halides is 6. The molecule has 0 radical (unpaired) electrons. The molecular formula is C23H14Cl2F4O4. The molecule has 0 aliphatic carbocycles. The van der Waals surface area contributed by atoms with Crippen LogP contribution in [0.15, 0.2) is 67.0 Å². The van der Waals surface area contributed by atoms with Crippen LogP contribution >= 0.6 is 23.2 Å². The van der Waals surface area contributed by atoms with Crippen LogP contribution in [0.25, 0.3) is 21.9 Å². The summed E-state index contributed by atoms with van der Waals surface area (Å²) in [6, 6.07) is 10.2. The summed E-state index contributed by atoms with van der Waals surface area (Å²) in [5.41, 5.74) is -1.08. The monoisotopic (exact) mass is 500 g/mol. The predicted molar refractivity (Wildman–Crippen MR) is 117 cm³/mol. The predicted octanol–water partition coefficient (Wildman–Crippen LogP) is 6.80. The number of fused-ring (bicyclic) bond motifs is 2. The van der Waals surface area contributed by atoms with E-state index in [2.05, 4.69) is 0 Å². The van der Waals surface area contributed by atoms with E-state index < -0.39 is 38.6 Å². The van der Waals surface area contributed by atoms with Crippen molar-refractivity contribution >= 4 is 45.1 Å². The molecule has 2 heterocycles. The van der Waals surface area contributed by atoms with Crippen LogP contribution in [0.4, 0.5) is 17.6 Å². The molecule has 4 aromatic rings. The Morgan fingerprint density at radius 2 is 1.03 bits per heavy atom. The van der Waals surface area contributed by atoms with Gasteiger partial charge in [-0.25, -0.2) is 0 Å². The average Bonchev–Trinajstić information content (AvgIpc) is 2.71. The molecule has 2 aromatic heterocycles. The lowest BCUT2D eigenvalue weighted by molar-refractivity contribution is 0.0685. The first kappa shape index (κ1) is 23.3. The van der Waals surface area contributed by atoms with Gasteiger partial charge in [-0.05, 0) is 58.6 Å². The zero-order valence-electron chi connectivity index (χ0n) is 17.0. The molecule has 4 nitrogen and oxygen atoms in total. The van der Waals surface area contributed by atoms with Crippen LogP contribution in [0.1, 0.15) is 36.5 Å². The summed E-state index contributed by atoms with van der Waals surface area (Å²) in [6.07, 6.45) is 0. The van der Waals surface area contributed by atoms with Gasteiger partial charge in [-0.3, -0.25) is 9.59 Å². The molecule has 0 N–H and O–H groups in total. The Labute approximate surface area is 193 Å². The van der Waals surface area contributed by atoms with E-state index in [0.29, 0.717) is 23.3 Å². The molecule has 172 valence electrons. The van der Waals surface area contributed by atoms with Crippen LogP contribution in [0.2, 0.25) is 0 Å². The molecule has 0 unspecified atom stereocenters. The average molecular weight is 501 g/mol. The maximum Gasteiger partial charge on any atom is 0.379 e. The van der Waals surface area contributed by atoms with Gasteiger partial charge in [0.25, 0.3) is 0 Å². The highest BCUT2D eigenvalue weighted by molar-refractivity contribution is 6.21. The second-order valence-electron chi connectivity index (χ2n) is 7.99. The van der Waals surface area contributed by atoms with Crippen molar-refractivity contribution in [2.24, 2.45) is 0 Å². The molecule has 0 bridgehead atoms. The van der Waals surface area contributed by atoms with Gasteiger partial charge >= 0.3 is 10.8 Å². The Morgan fingerprint density at radius 1 is 0.667 bits per heavy atom. The van der Waals surface area contributed by atoms with Crippen molar-refractivity contribution in [1.29, 1.82) is 0 Å². The van der Waals surface area contributed by atoms with E-state index >= 15 is 0 Å². The minimum atomic E-state index is -3.83. The van der Waals surface area contributed by atoms with Gasteiger partial charge in [-0.1, -0.05) is 26.0 Å². The molecule has 0 saturated heterocycles. The molecule has 0 atom stereocenters. The van der Waals surface area contributed by atoms with E-state index in [-0.39, 0.29) is 21.9 Å². The summed E-state index contributed by atoms with van der Waals surface area (Å²) in [5, 5.41) is -7.52. The highest BCUT2D eigenvalue weighted by Gasteiger charge is 2.34. The van der Waals surface area contributed by atoms with Crippen LogP contribution < -0.4 is 10.9 Å². The van der Waals surface area contributed by atoms with Crippen molar-refractivity contribution in [3.63, 3.8) is 0 Å². The van der Waals surface area contributed by atoms with Crippen LogP contribution in [0.5, 0.6) is 0 Å². The zero-order chi connectivity index (χ0) is 24.3. The van der Waals surface area contributed by atoms with Crippen molar-refractivity contribution < 1.29 is 26.4 Å². The lowest BCUT2D eigenvalue weighted by Gasteiger charge is -2.26. The summed E-state index contributed by atoms with van der Waals surface area (Å²) in [7, 11) is 0. The Kier molecular flexibility index (Phi) is 5.37. The molecule has 0 aliphatic heterocycles. The first-order valence-electron chi connectivity index (χ1n) is 9.49. The second kappa shape index (κ2) is 7.60. The largest absolute Gasteiger partial charge is 0.453 e. The highest BCUT2D eigenvalue weighted by atomic mass is 35.5. The van der Waals surface area contributed by atoms with E-state index in [1.807, 2.05) is 0 Å². The minimum Gasteiger partial charge on any atom is -0.453 e. The van der Waals surface area contributed by atoms with Crippen molar-refractivity contribution in [3.05, 3.63) is 91.6 Å². The first-order chi connectivity index (χ1) is 15.2. The fourth-order valence-corrected chi connectivity index (χ4v) is 3.72. The van der Waals surface area contributed by atoms with E-state index in [1.165, 1.54) is 24.3 Å². The fourth-order valence-electron chi connectivity index (χ4n) is 3.54. The van der Waals surface area contributed by atoms with Crippen molar-refractivity contribution in [1.82, 2.24) is 0 Å². The summed E-state index contributed by atoms with van der Waals surface area (Å²) in [5.74, 6) is -1.92. The van der Waals surface area contributed by atoms with Crippen molar-refractivity contribution in [2.45, 2.75) is 30.0 Å². The Bertz CT molecular complexity index is 1400. The Hall–Kier alpha value is -2.84. The van der Waals surface area contributed by atoms with Gasteiger partial charge in [0.15, 0.2) is 22.4 Å². The number of hydrogen-bond acceptors (Lipinski definition) is 4. The quantitative estimate of drug-likeness (QED) is 0.228. The molecule has 10 heteroatoms. The third-order valence-corrected chi connectivity index (χ3v) is 5.83. The van der Waals surface area contributed by atoms with Crippen LogP contribution in [-0.2, 0) is 16.2 Å². The smallest absolute Gasteiger partial charge is 0.379 e. The maximum absolute atomic E-state index is 13.4. The van der Waals surface area contributed by atoms with Gasteiger partial charge in [-0.15, -0.1) is 0 Å². The number of benzene rings is 2. The lowest BCUT2D eigenvalue weighted by atomic mass is 9.77. The van der Waals surface area contributed by atoms with Gasteiger partial charge in [-0.2, -0.15) is 17.6 Å². The topological polar surface area (TPSA) is 60.4 Å². The van der Waals surface area contributed by atoms with Crippen molar-refractivity contribution in [3.8, 4) is 0 Å². The van der Waals surface area contributed by atoms with E-state index in [4.69, 9.17) is 32.0 Å². The third kappa shape index (κ3) is 4.25. The minimum absolute atomic E-state index is 0.0638. The Balaban J connectivity index is 1.83. The van der Waals surface area contributed by atoms with Gasteiger partial charge in [0.1, 0.15) is 11.2 Å². The van der Waals surface area contributed by atoms with Crippen LogP contribution in [-0.4, -0.2) is 0 Å². The molecule has 0 aliphatic rings. The molecule has 0 fully saturated rings. The van der Waals surface area contributed by atoms with Gasteiger partial charge in [0.2, 0.25) is 0 Å². The molecule has 0 spiro atoms. The summed E-state index contributed by atoms with van der Waals surface area (Å²) in [4.78, 5) is 24.8. The van der Waals surface area contributed by atoms with Gasteiger partial charge < -0.3 is 8.83 Å². The molecule has 4 rings (SSSR count).